The highest BCUT2D eigenvalue weighted by Crippen LogP contribution is 2.21. The fraction of sp³-hybridized carbons (Fsp3) is 0.0909. The van der Waals surface area contributed by atoms with E-state index in [-0.39, 0.29) is 17.9 Å². The number of sulfonamides is 1. The maximum atomic E-state index is 13.7. The molecule has 0 spiro atoms. The molecule has 0 aliphatic rings. The van der Waals surface area contributed by atoms with Gasteiger partial charge in [0, 0.05) is 12.6 Å². The summed E-state index contributed by atoms with van der Waals surface area (Å²) in [5.41, 5.74) is 4.87. The molecule has 0 fully saturated rings. The maximum absolute atomic E-state index is 13.7. The van der Waals surface area contributed by atoms with Crippen LogP contribution in [0, 0.1) is 11.6 Å². The zero-order valence-corrected chi connectivity index (χ0v) is 11.2. The van der Waals surface area contributed by atoms with Crippen LogP contribution in [0.5, 0.6) is 0 Å². The lowest BCUT2D eigenvalue weighted by molar-refractivity contribution is 0.483. The van der Waals surface area contributed by atoms with Crippen molar-refractivity contribution in [1.82, 2.24) is 10.2 Å². The van der Waals surface area contributed by atoms with E-state index >= 15 is 0 Å². The summed E-state index contributed by atoms with van der Waals surface area (Å²) in [6.45, 7) is -0.156. The van der Waals surface area contributed by atoms with Crippen molar-refractivity contribution in [1.29, 1.82) is 0 Å². The SMILES string of the molecule is NCc1cc(F)c(F)c(S(=O)(=O)Nc2ccc(=O)[nH]n2)c1. The third-order valence-electron chi connectivity index (χ3n) is 2.50. The molecule has 0 atom stereocenters. The first kappa shape index (κ1) is 15.1. The summed E-state index contributed by atoms with van der Waals surface area (Å²) < 4.78 is 53.0. The first-order valence-electron chi connectivity index (χ1n) is 5.60. The fourth-order valence-corrected chi connectivity index (χ4v) is 2.66. The van der Waals surface area contributed by atoms with Gasteiger partial charge in [-0.1, -0.05) is 0 Å². The Hall–Kier alpha value is -2.33. The van der Waals surface area contributed by atoms with Crippen LogP contribution in [0.15, 0.2) is 34.0 Å². The van der Waals surface area contributed by atoms with E-state index in [0.29, 0.717) is 0 Å². The Morgan fingerprint density at radius 1 is 1.29 bits per heavy atom. The van der Waals surface area contributed by atoms with E-state index in [9.17, 15) is 22.0 Å². The van der Waals surface area contributed by atoms with E-state index in [1.807, 2.05) is 9.82 Å². The highest BCUT2D eigenvalue weighted by molar-refractivity contribution is 7.92. The molecule has 1 heterocycles. The monoisotopic (exact) mass is 316 g/mol. The summed E-state index contributed by atoms with van der Waals surface area (Å²) in [6.07, 6.45) is 0. The average molecular weight is 316 g/mol. The van der Waals surface area contributed by atoms with Gasteiger partial charge in [-0.15, -0.1) is 0 Å². The van der Waals surface area contributed by atoms with Crippen LogP contribution in [-0.2, 0) is 16.6 Å². The van der Waals surface area contributed by atoms with Gasteiger partial charge in [0.15, 0.2) is 17.5 Å². The Morgan fingerprint density at radius 2 is 2.00 bits per heavy atom. The summed E-state index contributed by atoms with van der Waals surface area (Å²) in [4.78, 5) is 9.93. The molecule has 0 saturated carbocycles. The van der Waals surface area contributed by atoms with Gasteiger partial charge in [0.05, 0.1) is 0 Å². The van der Waals surface area contributed by atoms with Crippen molar-refractivity contribution < 1.29 is 17.2 Å². The molecule has 7 nitrogen and oxygen atoms in total. The number of nitrogens with zero attached hydrogens (tertiary/aromatic N) is 1. The second-order valence-electron chi connectivity index (χ2n) is 4.01. The lowest BCUT2D eigenvalue weighted by atomic mass is 10.2. The van der Waals surface area contributed by atoms with E-state index in [1.54, 1.807) is 0 Å². The van der Waals surface area contributed by atoms with Crippen LogP contribution in [0.3, 0.4) is 0 Å². The van der Waals surface area contributed by atoms with Crippen molar-refractivity contribution in [3.8, 4) is 0 Å². The molecule has 112 valence electrons. The predicted molar refractivity (Wildman–Crippen MR) is 69.9 cm³/mol. The molecular formula is C11H10F2N4O3S. The number of benzene rings is 1. The number of halogens is 2. The van der Waals surface area contributed by atoms with Crippen LogP contribution in [0.2, 0.25) is 0 Å². The standard InChI is InChI=1S/C11H10F2N4O3S/c12-7-3-6(5-14)4-8(11(7)13)21(19,20)17-9-1-2-10(18)16-15-9/h1-4H,5,14H2,(H,15,17)(H,16,18). The summed E-state index contributed by atoms with van der Waals surface area (Å²) in [5, 5.41) is 5.42. The van der Waals surface area contributed by atoms with Gasteiger partial charge in [-0.3, -0.25) is 9.52 Å². The van der Waals surface area contributed by atoms with Crippen LogP contribution in [0.1, 0.15) is 5.56 Å². The van der Waals surface area contributed by atoms with Crippen LogP contribution >= 0.6 is 0 Å². The average Bonchev–Trinajstić information content (AvgIpc) is 2.43. The Balaban J connectivity index is 2.46. The van der Waals surface area contributed by atoms with E-state index in [1.165, 1.54) is 0 Å². The molecule has 4 N–H and O–H groups in total. The molecule has 1 aromatic heterocycles. The maximum Gasteiger partial charge on any atom is 0.266 e. The van der Waals surface area contributed by atoms with Crippen molar-refractivity contribution in [2.75, 3.05) is 4.72 Å². The highest BCUT2D eigenvalue weighted by atomic mass is 32.2. The molecule has 0 aliphatic heterocycles. The smallest absolute Gasteiger partial charge is 0.266 e. The van der Waals surface area contributed by atoms with Gasteiger partial charge >= 0.3 is 0 Å². The van der Waals surface area contributed by atoms with Gasteiger partial charge in [0.2, 0.25) is 0 Å². The largest absolute Gasteiger partial charge is 0.326 e. The minimum absolute atomic E-state index is 0.115. The molecule has 21 heavy (non-hydrogen) atoms. The topological polar surface area (TPSA) is 118 Å². The molecular weight excluding hydrogens is 306 g/mol. The van der Waals surface area contributed by atoms with Crippen molar-refractivity contribution in [2.45, 2.75) is 11.4 Å². The third kappa shape index (κ3) is 3.23. The number of nitrogens with one attached hydrogen (secondary N) is 2. The Labute approximate surface area is 117 Å². The molecule has 0 amide bonds. The number of rotatable bonds is 4. The lowest BCUT2D eigenvalue weighted by Crippen LogP contribution is -2.18. The van der Waals surface area contributed by atoms with E-state index < -0.39 is 32.1 Å². The van der Waals surface area contributed by atoms with Gasteiger partial charge < -0.3 is 5.73 Å². The van der Waals surface area contributed by atoms with E-state index in [0.717, 1.165) is 24.3 Å². The molecule has 10 heteroatoms. The summed E-state index contributed by atoms with van der Waals surface area (Å²) in [6, 6.07) is 3.84. The van der Waals surface area contributed by atoms with Crippen LogP contribution in [-0.4, -0.2) is 18.6 Å². The third-order valence-corrected chi connectivity index (χ3v) is 3.85. The Bertz CT molecular complexity index is 815. The zero-order valence-electron chi connectivity index (χ0n) is 10.4. The molecule has 0 unspecified atom stereocenters. The minimum Gasteiger partial charge on any atom is -0.326 e. The normalized spacial score (nSPS) is 11.4. The molecule has 2 aromatic rings. The van der Waals surface area contributed by atoms with Gasteiger partial charge in [0.1, 0.15) is 4.90 Å². The van der Waals surface area contributed by atoms with E-state index in [2.05, 4.69) is 5.10 Å². The number of aromatic nitrogens is 2. The number of hydrogen-bond donors (Lipinski definition) is 3. The second kappa shape index (κ2) is 5.58. The quantitative estimate of drug-likeness (QED) is 0.750. The number of H-pyrrole nitrogens is 1. The summed E-state index contributed by atoms with van der Waals surface area (Å²) in [5.74, 6) is -3.09. The summed E-state index contributed by atoms with van der Waals surface area (Å²) in [7, 11) is -4.42. The molecule has 0 radical (unpaired) electrons. The number of nitrogens with two attached hydrogens (primary N) is 1. The van der Waals surface area contributed by atoms with Crippen molar-refractivity contribution in [3.05, 3.63) is 51.8 Å². The molecule has 2 rings (SSSR count). The first-order valence-corrected chi connectivity index (χ1v) is 7.08. The number of anilines is 1. The van der Waals surface area contributed by atoms with Crippen molar-refractivity contribution in [3.63, 3.8) is 0 Å². The Kier molecular flexibility index (Phi) is 4.00. The fourth-order valence-electron chi connectivity index (χ4n) is 1.52. The molecule has 0 saturated heterocycles. The van der Waals surface area contributed by atoms with Gasteiger partial charge in [0.25, 0.3) is 15.6 Å². The predicted octanol–water partition coefficient (Wildman–Crippen LogP) is 0.308. The lowest BCUT2D eigenvalue weighted by Gasteiger charge is -2.09. The number of aromatic amines is 1. The van der Waals surface area contributed by atoms with Crippen LogP contribution < -0.4 is 16.0 Å². The summed E-state index contributed by atoms with van der Waals surface area (Å²) >= 11 is 0. The van der Waals surface area contributed by atoms with Crippen LogP contribution in [0.4, 0.5) is 14.6 Å². The Morgan fingerprint density at radius 3 is 2.57 bits per heavy atom. The van der Waals surface area contributed by atoms with Gasteiger partial charge in [-0.25, -0.2) is 22.3 Å². The van der Waals surface area contributed by atoms with E-state index in [4.69, 9.17) is 5.73 Å². The molecule has 0 bridgehead atoms. The zero-order chi connectivity index (χ0) is 15.6. The minimum atomic E-state index is -4.42. The highest BCUT2D eigenvalue weighted by Gasteiger charge is 2.23. The van der Waals surface area contributed by atoms with Crippen molar-refractivity contribution in [2.24, 2.45) is 5.73 Å². The van der Waals surface area contributed by atoms with Gasteiger partial charge in [-0.2, -0.15) is 5.10 Å². The second-order valence-corrected chi connectivity index (χ2v) is 5.66. The van der Waals surface area contributed by atoms with Crippen molar-refractivity contribution >= 4 is 15.8 Å². The molecule has 1 aromatic carbocycles. The molecule has 0 aliphatic carbocycles. The number of hydrogen-bond acceptors (Lipinski definition) is 5. The van der Waals surface area contributed by atoms with Crippen LogP contribution in [0.25, 0.3) is 0 Å². The van der Waals surface area contributed by atoms with Gasteiger partial charge in [-0.05, 0) is 23.8 Å². The first-order chi connectivity index (χ1) is 9.83.